The van der Waals surface area contributed by atoms with Gasteiger partial charge in [-0.3, -0.25) is 0 Å². The molecule has 21 heavy (non-hydrogen) atoms. The molecule has 1 saturated carbocycles. The number of nitrogens with two attached hydrogens (primary N) is 1. The van der Waals surface area contributed by atoms with Crippen molar-refractivity contribution < 1.29 is 5.11 Å². The van der Waals surface area contributed by atoms with Crippen LogP contribution in [0.1, 0.15) is 48.8 Å². The molecule has 2 nitrogen and oxygen atoms in total. The van der Waals surface area contributed by atoms with E-state index >= 15 is 0 Å². The van der Waals surface area contributed by atoms with Gasteiger partial charge in [-0.15, -0.1) is 0 Å². The summed E-state index contributed by atoms with van der Waals surface area (Å²) in [5.41, 5.74) is 10.2. The first-order chi connectivity index (χ1) is 10.0. The minimum atomic E-state index is 0.201. The van der Waals surface area contributed by atoms with Crippen LogP contribution in [0.4, 0.5) is 5.69 Å². The predicted octanol–water partition coefficient (Wildman–Crippen LogP) is 4.44. The average molecular weight is 281 g/mol. The number of anilines is 1. The monoisotopic (exact) mass is 281 g/mol. The van der Waals surface area contributed by atoms with Crippen molar-refractivity contribution in [3.05, 3.63) is 59.2 Å². The minimum absolute atomic E-state index is 0.201. The molecule has 2 atom stereocenters. The fourth-order valence-electron chi connectivity index (χ4n) is 3.15. The number of hydrogen-bond donors (Lipinski definition) is 2. The molecule has 2 aromatic carbocycles. The molecule has 110 valence electrons. The molecular formula is C19H23NO. The minimum Gasteiger partial charge on any atom is -0.506 e. The van der Waals surface area contributed by atoms with Crippen LogP contribution < -0.4 is 5.73 Å². The highest BCUT2D eigenvalue weighted by atomic mass is 16.3. The van der Waals surface area contributed by atoms with Crippen molar-refractivity contribution in [3.8, 4) is 5.75 Å². The molecule has 0 aromatic heterocycles. The van der Waals surface area contributed by atoms with Crippen LogP contribution in [0.3, 0.4) is 0 Å². The predicted molar refractivity (Wildman–Crippen MR) is 87.6 cm³/mol. The van der Waals surface area contributed by atoms with Crippen molar-refractivity contribution in [1.82, 2.24) is 0 Å². The van der Waals surface area contributed by atoms with Gasteiger partial charge in [0.2, 0.25) is 0 Å². The van der Waals surface area contributed by atoms with E-state index in [2.05, 4.69) is 38.1 Å². The first kappa shape index (κ1) is 14.0. The second-order valence-corrected chi connectivity index (χ2v) is 6.61. The molecule has 3 N–H and O–H groups in total. The Morgan fingerprint density at radius 3 is 2.48 bits per heavy atom. The van der Waals surface area contributed by atoms with Gasteiger partial charge in [0.05, 0.1) is 5.69 Å². The Morgan fingerprint density at radius 2 is 1.81 bits per heavy atom. The number of hydrogen-bond acceptors (Lipinski definition) is 2. The Kier molecular flexibility index (Phi) is 3.62. The van der Waals surface area contributed by atoms with Crippen LogP contribution in [0.2, 0.25) is 0 Å². The van der Waals surface area contributed by atoms with E-state index < -0.39 is 0 Å². The molecule has 0 radical (unpaired) electrons. The maximum Gasteiger partial charge on any atom is 0.138 e. The van der Waals surface area contributed by atoms with Crippen molar-refractivity contribution in [2.24, 2.45) is 5.92 Å². The molecule has 3 rings (SSSR count). The molecule has 0 bridgehead atoms. The summed E-state index contributed by atoms with van der Waals surface area (Å²) in [5.74, 6) is 1.99. The Morgan fingerprint density at radius 1 is 1.10 bits per heavy atom. The zero-order chi connectivity index (χ0) is 15.0. The van der Waals surface area contributed by atoms with Crippen LogP contribution in [0, 0.1) is 5.92 Å². The quantitative estimate of drug-likeness (QED) is 0.642. The van der Waals surface area contributed by atoms with E-state index in [9.17, 15) is 5.11 Å². The molecule has 1 aliphatic rings. The Labute approximate surface area is 126 Å². The van der Waals surface area contributed by atoms with E-state index in [0.29, 0.717) is 23.4 Å². The average Bonchev–Trinajstić information content (AvgIpc) is 3.22. The van der Waals surface area contributed by atoms with Gasteiger partial charge in [-0.05, 0) is 59.4 Å². The Hall–Kier alpha value is -1.96. The summed E-state index contributed by atoms with van der Waals surface area (Å²) in [6, 6.07) is 14.6. The third kappa shape index (κ3) is 3.05. The summed E-state index contributed by atoms with van der Waals surface area (Å²) in [7, 11) is 0. The zero-order valence-electron chi connectivity index (χ0n) is 12.7. The highest BCUT2D eigenvalue weighted by molar-refractivity contribution is 5.54. The first-order valence-corrected chi connectivity index (χ1v) is 7.72. The standard InChI is InChI=1S/C19H23NO/c1-12(2)8-13-4-3-5-14(9-13)16-11-17(16)15-6-7-18(20)19(21)10-15/h3-7,9-10,12,16-17,21H,8,11,20H2,1-2H3/t16?,17-/m0/s1. The van der Waals surface area contributed by atoms with Crippen molar-refractivity contribution in [1.29, 1.82) is 0 Å². The summed E-state index contributed by atoms with van der Waals surface area (Å²) < 4.78 is 0. The molecule has 2 heteroatoms. The topological polar surface area (TPSA) is 46.2 Å². The van der Waals surface area contributed by atoms with Gasteiger partial charge in [0.15, 0.2) is 0 Å². The number of rotatable bonds is 4. The molecule has 1 fully saturated rings. The molecular weight excluding hydrogens is 258 g/mol. The second kappa shape index (κ2) is 5.44. The molecule has 0 aliphatic heterocycles. The van der Waals surface area contributed by atoms with Gasteiger partial charge >= 0.3 is 0 Å². The van der Waals surface area contributed by atoms with Crippen LogP contribution in [-0.4, -0.2) is 5.11 Å². The second-order valence-electron chi connectivity index (χ2n) is 6.61. The summed E-state index contributed by atoms with van der Waals surface area (Å²) in [4.78, 5) is 0. The normalized spacial score (nSPS) is 20.7. The van der Waals surface area contributed by atoms with E-state index in [1.165, 1.54) is 16.7 Å². The fourth-order valence-corrected chi connectivity index (χ4v) is 3.15. The number of phenolic OH excluding ortho intramolecular Hbond substituents is 1. The molecule has 1 aliphatic carbocycles. The molecule has 1 unspecified atom stereocenters. The molecule has 0 saturated heterocycles. The van der Waals surface area contributed by atoms with Gasteiger partial charge in [0.1, 0.15) is 5.75 Å². The van der Waals surface area contributed by atoms with Crippen LogP contribution in [-0.2, 0) is 6.42 Å². The van der Waals surface area contributed by atoms with E-state index in [-0.39, 0.29) is 5.75 Å². The van der Waals surface area contributed by atoms with Gasteiger partial charge < -0.3 is 10.8 Å². The smallest absolute Gasteiger partial charge is 0.138 e. The third-order valence-corrected chi connectivity index (χ3v) is 4.30. The van der Waals surface area contributed by atoms with Gasteiger partial charge in [0.25, 0.3) is 0 Å². The highest BCUT2D eigenvalue weighted by Gasteiger charge is 2.39. The largest absolute Gasteiger partial charge is 0.506 e. The maximum absolute atomic E-state index is 9.75. The summed E-state index contributed by atoms with van der Waals surface area (Å²) in [6.07, 6.45) is 2.29. The van der Waals surface area contributed by atoms with Crippen LogP contribution in [0.25, 0.3) is 0 Å². The van der Waals surface area contributed by atoms with Gasteiger partial charge in [-0.2, -0.15) is 0 Å². The van der Waals surface area contributed by atoms with Crippen LogP contribution in [0.5, 0.6) is 5.75 Å². The lowest BCUT2D eigenvalue weighted by Gasteiger charge is -2.08. The van der Waals surface area contributed by atoms with Gasteiger partial charge in [0, 0.05) is 0 Å². The lowest BCUT2D eigenvalue weighted by molar-refractivity contribution is 0.477. The lowest BCUT2D eigenvalue weighted by atomic mass is 9.98. The van der Waals surface area contributed by atoms with E-state index in [4.69, 9.17) is 5.73 Å². The highest BCUT2D eigenvalue weighted by Crippen LogP contribution is 2.55. The maximum atomic E-state index is 9.75. The van der Waals surface area contributed by atoms with E-state index in [1.54, 1.807) is 6.07 Å². The zero-order valence-corrected chi connectivity index (χ0v) is 12.7. The summed E-state index contributed by atoms with van der Waals surface area (Å²) >= 11 is 0. The molecule has 0 amide bonds. The van der Waals surface area contributed by atoms with Crippen LogP contribution >= 0.6 is 0 Å². The van der Waals surface area contributed by atoms with Crippen LogP contribution in [0.15, 0.2) is 42.5 Å². The number of aromatic hydroxyl groups is 1. The first-order valence-electron chi connectivity index (χ1n) is 7.72. The van der Waals surface area contributed by atoms with Gasteiger partial charge in [-0.25, -0.2) is 0 Å². The number of benzene rings is 2. The fraction of sp³-hybridized carbons (Fsp3) is 0.368. The summed E-state index contributed by atoms with van der Waals surface area (Å²) in [6.45, 7) is 4.51. The number of nitrogen functional groups attached to an aromatic ring is 1. The molecule has 2 aromatic rings. The Bertz CT molecular complexity index is 648. The molecule has 0 heterocycles. The summed E-state index contributed by atoms with van der Waals surface area (Å²) in [5, 5.41) is 9.75. The molecule has 0 spiro atoms. The number of phenols is 1. The Balaban J connectivity index is 1.76. The SMILES string of the molecule is CC(C)Cc1cccc(C2C[C@H]2c2ccc(N)c(O)c2)c1. The van der Waals surface area contributed by atoms with Crippen molar-refractivity contribution in [2.75, 3.05) is 5.73 Å². The van der Waals surface area contributed by atoms with Crippen molar-refractivity contribution >= 4 is 5.69 Å². The third-order valence-electron chi connectivity index (χ3n) is 4.30. The lowest BCUT2D eigenvalue weighted by Crippen LogP contribution is -1.95. The van der Waals surface area contributed by atoms with Gasteiger partial charge in [-0.1, -0.05) is 44.2 Å². The van der Waals surface area contributed by atoms with E-state index in [1.807, 2.05) is 12.1 Å². The van der Waals surface area contributed by atoms with E-state index in [0.717, 1.165) is 12.8 Å². The van der Waals surface area contributed by atoms with Crippen molar-refractivity contribution in [3.63, 3.8) is 0 Å². The van der Waals surface area contributed by atoms with Crippen molar-refractivity contribution in [2.45, 2.75) is 38.5 Å².